The summed E-state index contributed by atoms with van der Waals surface area (Å²) in [7, 11) is 0. The molecule has 0 saturated carbocycles. The molecule has 3 heteroatoms. The summed E-state index contributed by atoms with van der Waals surface area (Å²) in [6.45, 7) is 1.55. The van der Waals surface area contributed by atoms with Crippen molar-refractivity contribution in [3.63, 3.8) is 0 Å². The molecule has 1 N–H and O–H groups in total. The van der Waals surface area contributed by atoms with E-state index in [1.807, 2.05) is 24.3 Å². The highest BCUT2D eigenvalue weighted by molar-refractivity contribution is 5.57. The van der Waals surface area contributed by atoms with E-state index in [0.717, 1.165) is 25.3 Å². The van der Waals surface area contributed by atoms with Gasteiger partial charge in [-0.3, -0.25) is 0 Å². The molecule has 0 amide bonds. The van der Waals surface area contributed by atoms with Crippen LogP contribution < -0.4 is 5.32 Å². The number of nitriles is 1. The van der Waals surface area contributed by atoms with Gasteiger partial charge in [0, 0.05) is 6.61 Å². The molecule has 2 rings (SSSR count). The molecule has 1 fully saturated rings. The first-order valence-corrected chi connectivity index (χ1v) is 4.73. The number of benzene rings is 1. The maximum Gasteiger partial charge on any atom is 0.101 e. The molecule has 1 aromatic carbocycles. The molecule has 1 unspecified atom stereocenters. The van der Waals surface area contributed by atoms with Gasteiger partial charge in [-0.1, -0.05) is 12.1 Å². The maximum absolute atomic E-state index is 8.87. The number of rotatable bonds is 2. The second kappa shape index (κ2) is 4.12. The molecule has 1 atom stereocenters. The molecular weight excluding hydrogens is 176 g/mol. The average molecular weight is 188 g/mol. The van der Waals surface area contributed by atoms with Gasteiger partial charge >= 0.3 is 0 Å². The Kier molecular flexibility index (Phi) is 2.66. The fourth-order valence-corrected chi connectivity index (χ4v) is 1.57. The third-order valence-corrected chi connectivity index (χ3v) is 2.34. The lowest BCUT2D eigenvalue weighted by Gasteiger charge is -2.12. The van der Waals surface area contributed by atoms with Crippen molar-refractivity contribution < 1.29 is 4.74 Å². The standard InChI is InChI=1S/C11H12N2O/c12-7-9-3-1-2-4-11(9)13-10-5-6-14-8-10/h1-4,10,13H,5-6,8H2. The topological polar surface area (TPSA) is 45.0 Å². The van der Waals surface area contributed by atoms with Crippen molar-refractivity contribution in [2.24, 2.45) is 0 Å². The Hall–Kier alpha value is -1.53. The number of para-hydroxylation sites is 1. The quantitative estimate of drug-likeness (QED) is 0.769. The van der Waals surface area contributed by atoms with Gasteiger partial charge in [0.25, 0.3) is 0 Å². The molecule has 1 heterocycles. The molecule has 1 aliphatic rings. The van der Waals surface area contributed by atoms with E-state index in [-0.39, 0.29) is 0 Å². The number of nitrogens with zero attached hydrogens (tertiary/aromatic N) is 1. The van der Waals surface area contributed by atoms with Crippen LogP contribution in [0.4, 0.5) is 5.69 Å². The highest BCUT2D eigenvalue weighted by atomic mass is 16.5. The molecule has 0 aliphatic carbocycles. The van der Waals surface area contributed by atoms with Gasteiger partial charge in [0.15, 0.2) is 0 Å². The first-order chi connectivity index (χ1) is 6.90. The third kappa shape index (κ3) is 1.86. The summed E-state index contributed by atoms with van der Waals surface area (Å²) >= 11 is 0. The summed E-state index contributed by atoms with van der Waals surface area (Å²) in [5, 5.41) is 12.2. The molecule has 1 aromatic rings. The van der Waals surface area contributed by atoms with E-state index in [9.17, 15) is 0 Å². The summed E-state index contributed by atoms with van der Waals surface area (Å²) in [6, 6.07) is 10.1. The summed E-state index contributed by atoms with van der Waals surface area (Å²) in [5.74, 6) is 0. The van der Waals surface area contributed by atoms with E-state index in [0.29, 0.717) is 11.6 Å². The zero-order valence-electron chi connectivity index (χ0n) is 7.86. The normalized spacial score (nSPS) is 20.4. The highest BCUT2D eigenvalue weighted by Crippen LogP contribution is 2.17. The third-order valence-electron chi connectivity index (χ3n) is 2.34. The largest absolute Gasteiger partial charge is 0.379 e. The smallest absolute Gasteiger partial charge is 0.101 e. The summed E-state index contributed by atoms with van der Waals surface area (Å²) in [5.41, 5.74) is 1.60. The Balaban J connectivity index is 2.11. The second-order valence-electron chi connectivity index (χ2n) is 3.36. The van der Waals surface area contributed by atoms with Gasteiger partial charge in [-0.05, 0) is 18.6 Å². The van der Waals surface area contributed by atoms with Crippen LogP contribution in [0.2, 0.25) is 0 Å². The molecule has 0 aromatic heterocycles. The monoisotopic (exact) mass is 188 g/mol. The average Bonchev–Trinajstić information content (AvgIpc) is 2.71. The number of hydrogen-bond acceptors (Lipinski definition) is 3. The van der Waals surface area contributed by atoms with Crippen molar-refractivity contribution in [2.45, 2.75) is 12.5 Å². The van der Waals surface area contributed by atoms with Crippen LogP contribution in [0.15, 0.2) is 24.3 Å². The van der Waals surface area contributed by atoms with E-state index in [2.05, 4.69) is 11.4 Å². The van der Waals surface area contributed by atoms with Crippen LogP contribution in [-0.4, -0.2) is 19.3 Å². The van der Waals surface area contributed by atoms with Crippen LogP contribution in [-0.2, 0) is 4.74 Å². The van der Waals surface area contributed by atoms with Crippen LogP contribution in [0.3, 0.4) is 0 Å². The zero-order chi connectivity index (χ0) is 9.80. The van der Waals surface area contributed by atoms with E-state index in [4.69, 9.17) is 10.00 Å². The molecule has 3 nitrogen and oxygen atoms in total. The van der Waals surface area contributed by atoms with Crippen LogP contribution in [0.25, 0.3) is 0 Å². The van der Waals surface area contributed by atoms with Crippen molar-refractivity contribution in [1.82, 2.24) is 0 Å². The van der Waals surface area contributed by atoms with Crippen molar-refractivity contribution in [3.8, 4) is 6.07 Å². The first kappa shape index (κ1) is 9.04. The maximum atomic E-state index is 8.87. The van der Waals surface area contributed by atoms with Gasteiger partial charge in [-0.2, -0.15) is 5.26 Å². The van der Waals surface area contributed by atoms with E-state index < -0.39 is 0 Å². The zero-order valence-corrected chi connectivity index (χ0v) is 7.86. The molecule has 1 saturated heterocycles. The highest BCUT2D eigenvalue weighted by Gasteiger charge is 2.15. The van der Waals surface area contributed by atoms with Crippen molar-refractivity contribution in [1.29, 1.82) is 5.26 Å². The summed E-state index contributed by atoms with van der Waals surface area (Å²) < 4.78 is 5.26. The summed E-state index contributed by atoms with van der Waals surface area (Å²) in [6.07, 6.45) is 1.01. The Bertz CT molecular complexity index is 351. The van der Waals surface area contributed by atoms with Crippen LogP contribution in [0.5, 0.6) is 0 Å². The van der Waals surface area contributed by atoms with E-state index in [1.54, 1.807) is 0 Å². The minimum Gasteiger partial charge on any atom is -0.379 e. The van der Waals surface area contributed by atoms with Gasteiger partial charge in [0.05, 0.1) is 23.9 Å². The molecule has 0 radical (unpaired) electrons. The van der Waals surface area contributed by atoms with Crippen molar-refractivity contribution >= 4 is 5.69 Å². The van der Waals surface area contributed by atoms with Gasteiger partial charge in [0.1, 0.15) is 6.07 Å². The lowest BCUT2D eigenvalue weighted by atomic mass is 10.1. The van der Waals surface area contributed by atoms with Gasteiger partial charge in [0.2, 0.25) is 0 Å². The van der Waals surface area contributed by atoms with E-state index >= 15 is 0 Å². The number of nitrogens with one attached hydrogen (secondary N) is 1. The first-order valence-electron chi connectivity index (χ1n) is 4.73. The van der Waals surface area contributed by atoms with Gasteiger partial charge < -0.3 is 10.1 Å². The fraction of sp³-hybridized carbons (Fsp3) is 0.364. The molecule has 14 heavy (non-hydrogen) atoms. The predicted octanol–water partition coefficient (Wildman–Crippen LogP) is 1.76. The second-order valence-corrected chi connectivity index (χ2v) is 3.36. The Morgan fingerprint density at radius 1 is 1.43 bits per heavy atom. The van der Waals surface area contributed by atoms with Crippen molar-refractivity contribution in [3.05, 3.63) is 29.8 Å². The van der Waals surface area contributed by atoms with Gasteiger partial charge in [-0.15, -0.1) is 0 Å². The molecule has 72 valence electrons. The van der Waals surface area contributed by atoms with E-state index in [1.165, 1.54) is 0 Å². The van der Waals surface area contributed by atoms with Crippen molar-refractivity contribution in [2.75, 3.05) is 18.5 Å². The number of ether oxygens (including phenoxy) is 1. The lowest BCUT2D eigenvalue weighted by molar-refractivity contribution is 0.195. The van der Waals surface area contributed by atoms with Crippen LogP contribution >= 0.6 is 0 Å². The number of anilines is 1. The Morgan fingerprint density at radius 3 is 3.00 bits per heavy atom. The SMILES string of the molecule is N#Cc1ccccc1NC1CCOC1. The Labute approximate surface area is 83.3 Å². The molecule has 0 bridgehead atoms. The minimum absolute atomic E-state index is 0.351. The fourth-order valence-electron chi connectivity index (χ4n) is 1.57. The summed E-state index contributed by atoms with van der Waals surface area (Å²) in [4.78, 5) is 0. The molecule has 0 spiro atoms. The van der Waals surface area contributed by atoms with Gasteiger partial charge in [-0.25, -0.2) is 0 Å². The molecular formula is C11H12N2O. The molecule has 1 aliphatic heterocycles. The minimum atomic E-state index is 0.351. The number of hydrogen-bond donors (Lipinski definition) is 1. The van der Waals surface area contributed by atoms with Crippen LogP contribution in [0, 0.1) is 11.3 Å². The van der Waals surface area contributed by atoms with Crippen LogP contribution in [0.1, 0.15) is 12.0 Å². The predicted molar refractivity (Wildman–Crippen MR) is 54.0 cm³/mol. The Morgan fingerprint density at radius 2 is 2.29 bits per heavy atom. The lowest BCUT2D eigenvalue weighted by Crippen LogP contribution is -2.19.